The van der Waals surface area contributed by atoms with Crippen LogP contribution in [0.15, 0.2) is 35.4 Å². The van der Waals surface area contributed by atoms with Gasteiger partial charge in [-0.05, 0) is 56.0 Å². The van der Waals surface area contributed by atoms with Gasteiger partial charge >= 0.3 is 0 Å². The number of rotatable bonds is 8. The molecule has 0 saturated carbocycles. The molecule has 2 heterocycles. The molecular weight excluding hydrogens is 434 g/mol. The van der Waals surface area contributed by atoms with Crippen molar-refractivity contribution in [2.75, 3.05) is 35.6 Å². The van der Waals surface area contributed by atoms with Gasteiger partial charge in [-0.3, -0.25) is 9.59 Å². The first-order valence-corrected chi connectivity index (χ1v) is 11.9. The Morgan fingerprint density at radius 2 is 2.10 bits per heavy atom. The lowest BCUT2D eigenvalue weighted by Gasteiger charge is -2.32. The highest BCUT2D eigenvalue weighted by Crippen LogP contribution is 2.24. The Balaban J connectivity index is 1.49. The molecule has 2 aromatic rings. The predicted molar refractivity (Wildman–Crippen MR) is 126 cm³/mol. The van der Waals surface area contributed by atoms with Crippen LogP contribution >= 0.6 is 23.4 Å². The van der Waals surface area contributed by atoms with E-state index in [0.29, 0.717) is 28.8 Å². The second-order valence-corrected chi connectivity index (χ2v) is 9.01. The minimum Gasteiger partial charge on any atom is -0.356 e. The van der Waals surface area contributed by atoms with Crippen LogP contribution in [0, 0.1) is 12.8 Å². The molecule has 0 aliphatic carbocycles. The number of amides is 2. The molecule has 1 saturated heterocycles. The first-order valence-electron chi connectivity index (χ1n) is 10.5. The van der Waals surface area contributed by atoms with Crippen molar-refractivity contribution in [2.24, 2.45) is 5.92 Å². The zero-order valence-electron chi connectivity index (χ0n) is 17.9. The van der Waals surface area contributed by atoms with E-state index in [-0.39, 0.29) is 23.5 Å². The number of nitrogens with zero attached hydrogens (tertiary/aromatic N) is 3. The van der Waals surface area contributed by atoms with Gasteiger partial charge in [-0.2, -0.15) is 0 Å². The van der Waals surface area contributed by atoms with Crippen LogP contribution in [0.4, 0.5) is 11.5 Å². The number of hydrogen-bond acceptors (Lipinski definition) is 6. The van der Waals surface area contributed by atoms with Crippen molar-refractivity contribution in [3.8, 4) is 0 Å². The van der Waals surface area contributed by atoms with Crippen molar-refractivity contribution >= 4 is 46.7 Å². The molecule has 0 unspecified atom stereocenters. The summed E-state index contributed by atoms with van der Waals surface area (Å²) in [4.78, 5) is 26.6. The SMILES string of the molecule is CCCNC(=O)[C@@H]1CCCN(c2ccc(SCC(=O)Nc3ccc(C)c(Cl)c3)nn2)C1. The molecule has 0 spiro atoms. The lowest BCUT2D eigenvalue weighted by Crippen LogP contribution is -2.43. The van der Waals surface area contributed by atoms with Crippen molar-refractivity contribution < 1.29 is 9.59 Å². The van der Waals surface area contributed by atoms with E-state index in [0.717, 1.165) is 37.2 Å². The Morgan fingerprint density at radius 1 is 1.26 bits per heavy atom. The molecule has 0 radical (unpaired) electrons. The number of carbonyl (C=O) groups is 2. The van der Waals surface area contributed by atoms with Gasteiger partial charge < -0.3 is 15.5 Å². The molecule has 7 nitrogen and oxygen atoms in total. The number of halogens is 1. The summed E-state index contributed by atoms with van der Waals surface area (Å²) in [5.74, 6) is 0.953. The fraction of sp³-hybridized carbons (Fsp3) is 0.455. The van der Waals surface area contributed by atoms with Crippen molar-refractivity contribution in [3.05, 3.63) is 40.9 Å². The molecule has 166 valence electrons. The number of aromatic nitrogens is 2. The molecule has 3 rings (SSSR count). The molecule has 1 fully saturated rings. The monoisotopic (exact) mass is 461 g/mol. The van der Waals surface area contributed by atoms with Crippen molar-refractivity contribution in [1.82, 2.24) is 15.5 Å². The molecule has 1 aromatic carbocycles. The zero-order chi connectivity index (χ0) is 22.2. The van der Waals surface area contributed by atoms with Crippen molar-refractivity contribution in [3.63, 3.8) is 0 Å². The zero-order valence-corrected chi connectivity index (χ0v) is 19.4. The van der Waals surface area contributed by atoms with E-state index < -0.39 is 0 Å². The van der Waals surface area contributed by atoms with Gasteiger partial charge in [0.1, 0.15) is 5.03 Å². The van der Waals surface area contributed by atoms with E-state index >= 15 is 0 Å². The molecule has 1 aliphatic rings. The molecule has 1 aliphatic heterocycles. The topological polar surface area (TPSA) is 87.2 Å². The Hall–Kier alpha value is -2.32. The summed E-state index contributed by atoms with van der Waals surface area (Å²) in [6, 6.07) is 9.20. The maximum atomic E-state index is 12.3. The Morgan fingerprint density at radius 3 is 2.81 bits per heavy atom. The number of aryl methyl sites for hydroxylation is 1. The van der Waals surface area contributed by atoms with Crippen LogP contribution in [0.5, 0.6) is 0 Å². The van der Waals surface area contributed by atoms with Gasteiger partial charge in [0.25, 0.3) is 0 Å². The molecule has 2 N–H and O–H groups in total. The lowest BCUT2D eigenvalue weighted by molar-refractivity contribution is -0.125. The fourth-order valence-corrected chi connectivity index (χ4v) is 4.15. The first-order chi connectivity index (χ1) is 15.0. The van der Waals surface area contributed by atoms with E-state index in [1.54, 1.807) is 6.07 Å². The lowest BCUT2D eigenvalue weighted by atomic mass is 9.97. The van der Waals surface area contributed by atoms with E-state index in [4.69, 9.17) is 11.6 Å². The third-order valence-corrected chi connectivity index (χ3v) is 6.43. The summed E-state index contributed by atoms with van der Waals surface area (Å²) in [5, 5.41) is 15.7. The van der Waals surface area contributed by atoms with Crippen LogP contribution in [-0.4, -0.2) is 47.4 Å². The quantitative estimate of drug-likeness (QED) is 0.579. The minimum absolute atomic E-state index is 0.0184. The molecule has 1 aromatic heterocycles. The number of thioether (sulfide) groups is 1. The first kappa shape index (κ1) is 23.3. The number of hydrogen-bond donors (Lipinski definition) is 2. The summed E-state index contributed by atoms with van der Waals surface area (Å²) in [6.45, 7) is 6.19. The third kappa shape index (κ3) is 6.83. The summed E-state index contributed by atoms with van der Waals surface area (Å²) in [6.07, 6.45) is 2.78. The number of nitrogens with one attached hydrogen (secondary N) is 2. The number of carbonyl (C=O) groups excluding carboxylic acids is 2. The van der Waals surface area contributed by atoms with Gasteiger partial charge in [0.2, 0.25) is 11.8 Å². The van der Waals surface area contributed by atoms with Gasteiger partial charge in [0, 0.05) is 30.3 Å². The summed E-state index contributed by atoms with van der Waals surface area (Å²) < 4.78 is 0. The van der Waals surface area contributed by atoms with Crippen LogP contribution in [0.3, 0.4) is 0 Å². The van der Waals surface area contributed by atoms with E-state index in [1.165, 1.54) is 11.8 Å². The molecule has 0 bridgehead atoms. The van der Waals surface area contributed by atoms with Crippen LogP contribution in [0.2, 0.25) is 5.02 Å². The number of anilines is 2. The molecule has 2 amide bonds. The molecule has 9 heteroatoms. The van der Waals surface area contributed by atoms with Crippen LogP contribution in [0.1, 0.15) is 31.7 Å². The largest absolute Gasteiger partial charge is 0.356 e. The molecular formula is C22H28ClN5O2S. The van der Waals surface area contributed by atoms with Crippen LogP contribution in [-0.2, 0) is 9.59 Å². The Labute approximate surface area is 192 Å². The highest BCUT2D eigenvalue weighted by atomic mass is 35.5. The summed E-state index contributed by atoms with van der Waals surface area (Å²) >= 11 is 7.42. The van der Waals surface area contributed by atoms with Crippen molar-refractivity contribution in [2.45, 2.75) is 38.1 Å². The Bertz CT molecular complexity index is 909. The standard InChI is InChI=1S/C22H28ClN5O2S/c1-3-10-24-22(30)16-5-4-11-28(13-16)19-8-9-21(27-26-19)31-14-20(29)25-17-7-6-15(2)18(23)12-17/h6-9,12,16H,3-5,10-11,13-14H2,1-2H3,(H,24,30)(H,25,29)/t16-/m1/s1. The van der Waals surface area contributed by atoms with Gasteiger partial charge in [-0.15, -0.1) is 10.2 Å². The van der Waals surface area contributed by atoms with E-state index in [2.05, 4.69) is 25.7 Å². The smallest absolute Gasteiger partial charge is 0.234 e. The Kier molecular flexibility index (Phi) is 8.54. The number of benzene rings is 1. The van der Waals surface area contributed by atoms with E-state index in [9.17, 15) is 9.59 Å². The minimum atomic E-state index is -0.132. The maximum Gasteiger partial charge on any atom is 0.234 e. The molecule has 31 heavy (non-hydrogen) atoms. The average Bonchev–Trinajstić information content (AvgIpc) is 2.79. The molecule has 1 atom stereocenters. The fourth-order valence-electron chi connectivity index (χ4n) is 3.36. The van der Waals surface area contributed by atoms with Gasteiger partial charge in [0.05, 0.1) is 11.7 Å². The second kappa shape index (κ2) is 11.3. The van der Waals surface area contributed by atoms with Crippen LogP contribution in [0.25, 0.3) is 0 Å². The van der Waals surface area contributed by atoms with Gasteiger partial charge in [-0.25, -0.2) is 0 Å². The highest BCUT2D eigenvalue weighted by Gasteiger charge is 2.26. The summed E-state index contributed by atoms with van der Waals surface area (Å²) in [7, 11) is 0. The maximum absolute atomic E-state index is 12.3. The van der Waals surface area contributed by atoms with Crippen molar-refractivity contribution in [1.29, 1.82) is 0 Å². The highest BCUT2D eigenvalue weighted by molar-refractivity contribution is 7.99. The predicted octanol–water partition coefficient (Wildman–Crippen LogP) is 3.91. The summed E-state index contributed by atoms with van der Waals surface area (Å²) in [5.41, 5.74) is 1.64. The normalized spacial score (nSPS) is 16.1. The third-order valence-electron chi connectivity index (χ3n) is 5.10. The average molecular weight is 462 g/mol. The second-order valence-electron chi connectivity index (χ2n) is 7.61. The van der Waals surface area contributed by atoms with Crippen LogP contribution < -0.4 is 15.5 Å². The van der Waals surface area contributed by atoms with E-state index in [1.807, 2.05) is 38.1 Å². The van der Waals surface area contributed by atoms with Gasteiger partial charge in [0.15, 0.2) is 5.82 Å². The number of piperidine rings is 1. The van der Waals surface area contributed by atoms with Gasteiger partial charge in [-0.1, -0.05) is 36.4 Å².